The Kier molecular flexibility index (Phi) is 5.67. The number of thiophene rings is 1. The van der Waals surface area contributed by atoms with Crippen LogP contribution in [-0.4, -0.2) is 41.4 Å². The second-order valence-electron chi connectivity index (χ2n) is 9.40. The highest BCUT2D eigenvalue weighted by Crippen LogP contribution is 2.50. The van der Waals surface area contributed by atoms with Crippen LogP contribution in [0.5, 0.6) is 17.2 Å². The van der Waals surface area contributed by atoms with Crippen molar-refractivity contribution in [1.82, 2.24) is 4.90 Å². The van der Waals surface area contributed by atoms with Crippen LogP contribution in [0.1, 0.15) is 52.3 Å². The van der Waals surface area contributed by atoms with Crippen LogP contribution in [0.25, 0.3) is 10.1 Å². The zero-order chi connectivity index (χ0) is 23.1. The molecule has 4 aromatic rings. The highest BCUT2D eigenvalue weighted by Gasteiger charge is 2.32. The third kappa shape index (κ3) is 3.93. The van der Waals surface area contributed by atoms with E-state index in [1.54, 1.807) is 23.5 Å². The SMILES string of the molecule is Oc1ccc2c3c(sc2c1)Cc1cccc(O)c1C3c1ccc(OCCN2CCCCC2)cc1. The lowest BCUT2D eigenvalue weighted by Crippen LogP contribution is -2.33. The first-order chi connectivity index (χ1) is 16.7. The van der Waals surface area contributed by atoms with Crippen molar-refractivity contribution in [3.63, 3.8) is 0 Å². The first kappa shape index (κ1) is 21.5. The van der Waals surface area contributed by atoms with Gasteiger partial charge in [0.1, 0.15) is 23.9 Å². The summed E-state index contributed by atoms with van der Waals surface area (Å²) >= 11 is 1.74. The van der Waals surface area contributed by atoms with Gasteiger partial charge in [0, 0.05) is 34.0 Å². The second-order valence-corrected chi connectivity index (χ2v) is 10.5. The van der Waals surface area contributed by atoms with Crippen molar-refractivity contribution >= 4 is 21.4 Å². The van der Waals surface area contributed by atoms with Gasteiger partial charge in [0.05, 0.1) is 0 Å². The Balaban J connectivity index is 1.32. The number of phenols is 2. The predicted molar refractivity (Wildman–Crippen MR) is 138 cm³/mol. The van der Waals surface area contributed by atoms with Crippen molar-refractivity contribution in [3.05, 3.63) is 87.8 Å². The smallest absolute Gasteiger partial charge is 0.120 e. The minimum Gasteiger partial charge on any atom is -0.508 e. The number of ether oxygens (including phenoxy) is 1. The van der Waals surface area contributed by atoms with Crippen molar-refractivity contribution in [2.24, 2.45) is 0 Å². The number of hydrogen-bond donors (Lipinski definition) is 2. The number of rotatable bonds is 5. The Labute approximate surface area is 204 Å². The first-order valence-electron chi connectivity index (χ1n) is 12.2. The minimum absolute atomic E-state index is 0.0550. The third-order valence-corrected chi connectivity index (χ3v) is 8.40. The quantitative estimate of drug-likeness (QED) is 0.318. The molecule has 174 valence electrons. The summed E-state index contributed by atoms with van der Waals surface area (Å²) in [6.45, 7) is 4.04. The van der Waals surface area contributed by atoms with Crippen LogP contribution in [0, 0.1) is 0 Å². The van der Waals surface area contributed by atoms with Crippen LogP contribution >= 0.6 is 11.3 Å². The molecule has 6 rings (SSSR count). The monoisotopic (exact) mass is 471 g/mol. The minimum atomic E-state index is -0.0550. The van der Waals surface area contributed by atoms with Gasteiger partial charge in [0.15, 0.2) is 0 Å². The van der Waals surface area contributed by atoms with Gasteiger partial charge in [0.2, 0.25) is 0 Å². The molecule has 0 amide bonds. The van der Waals surface area contributed by atoms with E-state index in [0.29, 0.717) is 12.4 Å². The van der Waals surface area contributed by atoms with Crippen LogP contribution in [0.4, 0.5) is 0 Å². The predicted octanol–water partition coefficient (Wildman–Crippen LogP) is 6.26. The highest BCUT2D eigenvalue weighted by molar-refractivity contribution is 7.19. The number of phenolic OH excluding ortho intramolecular Hbond substituents is 2. The van der Waals surface area contributed by atoms with Crippen molar-refractivity contribution in [1.29, 1.82) is 0 Å². The molecule has 1 fully saturated rings. The van der Waals surface area contributed by atoms with E-state index in [0.717, 1.165) is 45.5 Å². The maximum absolute atomic E-state index is 10.9. The highest BCUT2D eigenvalue weighted by atomic mass is 32.1. The zero-order valence-electron chi connectivity index (χ0n) is 19.2. The number of benzene rings is 3. The summed E-state index contributed by atoms with van der Waals surface area (Å²) in [5.74, 6) is 1.46. The summed E-state index contributed by atoms with van der Waals surface area (Å²) in [5.41, 5.74) is 4.53. The Hall–Kier alpha value is -3.02. The average Bonchev–Trinajstić information content (AvgIpc) is 3.21. The topological polar surface area (TPSA) is 52.9 Å². The van der Waals surface area contributed by atoms with Gasteiger partial charge in [-0.25, -0.2) is 0 Å². The second kappa shape index (κ2) is 8.97. The molecule has 1 aliphatic carbocycles. The standard InChI is InChI=1S/C29H29NO3S/c31-21-9-12-23-25(18-21)34-26-17-20-5-4-6-24(32)27(20)28(29(23)26)19-7-10-22(11-8-19)33-16-15-30-13-2-1-3-14-30/h4-12,18,28,31-32H,1-3,13-17H2. The van der Waals surface area contributed by atoms with E-state index in [-0.39, 0.29) is 11.7 Å². The van der Waals surface area contributed by atoms with Crippen LogP contribution in [0.2, 0.25) is 0 Å². The largest absolute Gasteiger partial charge is 0.508 e. The maximum Gasteiger partial charge on any atom is 0.120 e. The molecular formula is C29H29NO3S. The molecule has 1 aliphatic heterocycles. The first-order valence-corrected chi connectivity index (χ1v) is 13.0. The van der Waals surface area contributed by atoms with E-state index in [9.17, 15) is 10.2 Å². The van der Waals surface area contributed by atoms with E-state index in [4.69, 9.17) is 4.74 Å². The van der Waals surface area contributed by atoms with E-state index in [2.05, 4.69) is 35.2 Å². The molecule has 1 unspecified atom stereocenters. The van der Waals surface area contributed by atoms with Crippen LogP contribution in [0.15, 0.2) is 60.7 Å². The van der Waals surface area contributed by atoms with Crippen molar-refractivity contribution in [2.75, 3.05) is 26.2 Å². The Bertz CT molecular complexity index is 1320. The summed E-state index contributed by atoms with van der Waals surface area (Å²) in [6, 6.07) is 19.8. The van der Waals surface area contributed by atoms with Gasteiger partial charge in [0.25, 0.3) is 0 Å². The average molecular weight is 472 g/mol. The molecule has 1 aromatic heterocycles. The number of nitrogens with zero attached hydrogens (tertiary/aromatic N) is 1. The van der Waals surface area contributed by atoms with Crippen molar-refractivity contribution in [3.8, 4) is 17.2 Å². The molecule has 2 heterocycles. The molecule has 34 heavy (non-hydrogen) atoms. The summed E-state index contributed by atoms with van der Waals surface area (Å²) in [7, 11) is 0. The van der Waals surface area contributed by atoms with E-state index >= 15 is 0 Å². The molecule has 4 nitrogen and oxygen atoms in total. The van der Waals surface area contributed by atoms with E-state index < -0.39 is 0 Å². The fourth-order valence-corrected chi connectivity index (χ4v) is 6.87. The molecule has 5 heteroatoms. The van der Waals surface area contributed by atoms with Gasteiger partial charge in [-0.3, -0.25) is 4.90 Å². The van der Waals surface area contributed by atoms with Crippen LogP contribution in [0.3, 0.4) is 0 Å². The Morgan fingerprint density at radius 2 is 1.74 bits per heavy atom. The fraction of sp³-hybridized carbons (Fsp3) is 0.310. The van der Waals surface area contributed by atoms with Gasteiger partial charge >= 0.3 is 0 Å². The van der Waals surface area contributed by atoms with E-state index in [1.807, 2.05) is 18.2 Å². The zero-order valence-corrected chi connectivity index (χ0v) is 20.0. The molecule has 3 aromatic carbocycles. The lowest BCUT2D eigenvalue weighted by Gasteiger charge is -2.28. The maximum atomic E-state index is 10.9. The van der Waals surface area contributed by atoms with Gasteiger partial charge in [-0.1, -0.05) is 30.7 Å². The number of fused-ring (bicyclic) bond motifs is 4. The Morgan fingerprint density at radius 3 is 2.56 bits per heavy atom. The number of piperidine rings is 1. The Morgan fingerprint density at radius 1 is 0.912 bits per heavy atom. The summed E-state index contributed by atoms with van der Waals surface area (Å²) < 4.78 is 7.15. The number of aromatic hydroxyl groups is 2. The van der Waals surface area contributed by atoms with Crippen LogP contribution in [-0.2, 0) is 6.42 Å². The summed E-state index contributed by atoms with van der Waals surface area (Å²) in [4.78, 5) is 3.78. The molecule has 1 atom stereocenters. The number of likely N-dealkylation sites (tertiary alicyclic amines) is 1. The molecule has 2 N–H and O–H groups in total. The normalized spacial score (nSPS) is 17.9. The van der Waals surface area contributed by atoms with Crippen LogP contribution < -0.4 is 4.74 Å². The molecule has 0 spiro atoms. The lowest BCUT2D eigenvalue weighted by molar-refractivity contribution is 0.183. The van der Waals surface area contributed by atoms with Gasteiger partial charge in [-0.2, -0.15) is 0 Å². The van der Waals surface area contributed by atoms with Gasteiger partial charge in [-0.15, -0.1) is 11.3 Å². The molecule has 2 aliphatic rings. The van der Waals surface area contributed by atoms with Crippen molar-refractivity contribution in [2.45, 2.75) is 31.6 Å². The summed E-state index contributed by atoms with van der Waals surface area (Å²) in [5, 5.41) is 22.1. The third-order valence-electron chi connectivity index (χ3n) is 7.23. The molecule has 0 bridgehead atoms. The molecule has 1 saturated heterocycles. The number of hydrogen-bond acceptors (Lipinski definition) is 5. The summed E-state index contributed by atoms with van der Waals surface area (Å²) in [6.07, 6.45) is 4.74. The van der Waals surface area contributed by atoms with Gasteiger partial charge in [-0.05, 0) is 84.4 Å². The van der Waals surface area contributed by atoms with Gasteiger partial charge < -0.3 is 14.9 Å². The molecule has 0 saturated carbocycles. The van der Waals surface area contributed by atoms with E-state index in [1.165, 1.54) is 42.8 Å². The lowest BCUT2D eigenvalue weighted by atomic mass is 9.76. The molecular weight excluding hydrogens is 442 g/mol. The molecule has 0 radical (unpaired) electrons. The fourth-order valence-electron chi connectivity index (χ4n) is 5.57. The van der Waals surface area contributed by atoms with Crippen molar-refractivity contribution < 1.29 is 14.9 Å².